The van der Waals surface area contributed by atoms with Gasteiger partial charge in [0.25, 0.3) is 0 Å². The Kier molecular flexibility index (Phi) is 2.62. The molecule has 1 aromatic carbocycles. The second kappa shape index (κ2) is 4.42. The zero-order chi connectivity index (χ0) is 13.2. The summed E-state index contributed by atoms with van der Waals surface area (Å²) in [6.45, 7) is 1.77. The van der Waals surface area contributed by atoms with Gasteiger partial charge in [0.2, 0.25) is 0 Å². The van der Waals surface area contributed by atoms with Crippen LogP contribution in [-0.4, -0.2) is 15.0 Å². The topological polar surface area (TPSA) is 77.4 Å². The molecular weight excluding hydrogens is 238 g/mol. The molecule has 0 radical (unpaired) electrons. The molecule has 0 aliphatic heterocycles. The lowest BCUT2D eigenvalue weighted by Gasteiger charge is -2.05. The van der Waals surface area contributed by atoms with Crippen LogP contribution in [0.2, 0.25) is 0 Å². The third-order valence-corrected chi connectivity index (χ3v) is 2.80. The Balaban J connectivity index is 2.02. The van der Waals surface area contributed by atoms with E-state index in [0.717, 1.165) is 16.6 Å². The van der Waals surface area contributed by atoms with Crippen LogP contribution in [0.5, 0.6) is 0 Å². The molecule has 3 aromatic rings. The summed E-state index contributed by atoms with van der Waals surface area (Å²) in [7, 11) is 0. The van der Waals surface area contributed by atoms with Gasteiger partial charge in [-0.05, 0) is 13.0 Å². The highest BCUT2D eigenvalue weighted by Gasteiger charge is 2.05. The third kappa shape index (κ3) is 2.11. The summed E-state index contributed by atoms with van der Waals surface area (Å²) in [5.41, 5.74) is 2.34. The van der Waals surface area contributed by atoms with E-state index in [4.69, 9.17) is 5.26 Å². The Morgan fingerprint density at radius 3 is 2.95 bits per heavy atom. The zero-order valence-corrected chi connectivity index (χ0v) is 10.3. The van der Waals surface area contributed by atoms with Gasteiger partial charge in [-0.1, -0.05) is 18.2 Å². The summed E-state index contributed by atoms with van der Waals surface area (Å²) in [5.74, 6) is 1.19. The minimum Gasteiger partial charge on any atom is -0.359 e. The first kappa shape index (κ1) is 11.2. The molecule has 0 aliphatic carbocycles. The highest BCUT2D eigenvalue weighted by Crippen LogP contribution is 2.25. The average Bonchev–Trinajstić information content (AvgIpc) is 2.82. The smallest absolute Gasteiger partial charge is 0.146 e. The molecule has 0 atom stereocenters. The van der Waals surface area contributed by atoms with E-state index in [9.17, 15) is 0 Å². The number of hydrogen-bond donors (Lipinski definition) is 2. The van der Waals surface area contributed by atoms with Crippen LogP contribution in [0.15, 0.2) is 36.5 Å². The van der Waals surface area contributed by atoms with Gasteiger partial charge in [-0.25, -0.2) is 9.97 Å². The standard InChI is InChI=1S/C14H11N5/c1-9-17-10(7-15)6-14(18-9)19-13-8-16-12-5-3-2-4-11(12)13/h2-6,8,16H,1H3,(H,17,18,19). The first-order chi connectivity index (χ1) is 9.26. The molecule has 0 saturated carbocycles. The molecule has 0 amide bonds. The molecule has 2 heterocycles. The predicted molar refractivity (Wildman–Crippen MR) is 73.1 cm³/mol. The summed E-state index contributed by atoms with van der Waals surface area (Å²) in [6.07, 6.45) is 1.88. The highest BCUT2D eigenvalue weighted by molar-refractivity contribution is 5.93. The Labute approximate surface area is 109 Å². The van der Waals surface area contributed by atoms with Crippen molar-refractivity contribution in [2.45, 2.75) is 6.92 Å². The first-order valence-electron chi connectivity index (χ1n) is 5.85. The van der Waals surface area contributed by atoms with Gasteiger partial charge < -0.3 is 10.3 Å². The van der Waals surface area contributed by atoms with Crippen LogP contribution in [-0.2, 0) is 0 Å². The molecule has 3 rings (SSSR count). The minimum absolute atomic E-state index is 0.356. The minimum atomic E-state index is 0.356. The molecule has 92 valence electrons. The van der Waals surface area contributed by atoms with Gasteiger partial charge >= 0.3 is 0 Å². The number of nitriles is 1. The van der Waals surface area contributed by atoms with Crippen LogP contribution in [0.1, 0.15) is 11.5 Å². The average molecular weight is 249 g/mol. The van der Waals surface area contributed by atoms with Gasteiger partial charge in [0.15, 0.2) is 0 Å². The molecule has 0 bridgehead atoms. The van der Waals surface area contributed by atoms with E-state index in [1.54, 1.807) is 13.0 Å². The number of aromatic amines is 1. The number of hydrogen-bond acceptors (Lipinski definition) is 4. The van der Waals surface area contributed by atoms with E-state index in [2.05, 4.69) is 20.3 Å². The lowest BCUT2D eigenvalue weighted by Crippen LogP contribution is -1.98. The molecule has 0 aliphatic rings. The number of nitrogens with one attached hydrogen (secondary N) is 2. The second-order valence-corrected chi connectivity index (χ2v) is 4.17. The van der Waals surface area contributed by atoms with Crippen LogP contribution in [0.3, 0.4) is 0 Å². The van der Waals surface area contributed by atoms with Crippen molar-refractivity contribution in [3.63, 3.8) is 0 Å². The molecule has 0 spiro atoms. The Hall–Kier alpha value is -2.87. The summed E-state index contributed by atoms with van der Waals surface area (Å²) >= 11 is 0. The van der Waals surface area contributed by atoms with Crippen molar-refractivity contribution in [2.24, 2.45) is 0 Å². The fraction of sp³-hybridized carbons (Fsp3) is 0.0714. The van der Waals surface area contributed by atoms with Gasteiger partial charge in [0.05, 0.1) is 5.69 Å². The Morgan fingerprint density at radius 2 is 2.11 bits per heavy atom. The number of rotatable bonds is 2. The van der Waals surface area contributed by atoms with Crippen LogP contribution < -0.4 is 5.32 Å². The normalized spacial score (nSPS) is 10.3. The monoisotopic (exact) mass is 249 g/mol. The third-order valence-electron chi connectivity index (χ3n) is 2.80. The number of para-hydroxylation sites is 1. The number of benzene rings is 1. The van der Waals surface area contributed by atoms with Crippen LogP contribution in [0.25, 0.3) is 10.9 Å². The van der Waals surface area contributed by atoms with E-state index >= 15 is 0 Å². The number of nitrogens with zero attached hydrogens (tertiary/aromatic N) is 3. The molecule has 5 nitrogen and oxygen atoms in total. The van der Waals surface area contributed by atoms with Crippen molar-refractivity contribution in [3.8, 4) is 6.07 Å². The lowest BCUT2D eigenvalue weighted by atomic mass is 10.2. The Morgan fingerprint density at radius 1 is 1.26 bits per heavy atom. The lowest BCUT2D eigenvalue weighted by molar-refractivity contribution is 1.04. The van der Waals surface area contributed by atoms with Gasteiger partial charge in [0.1, 0.15) is 23.4 Å². The second-order valence-electron chi connectivity index (χ2n) is 4.17. The first-order valence-corrected chi connectivity index (χ1v) is 5.85. The quantitative estimate of drug-likeness (QED) is 0.732. The summed E-state index contributed by atoms with van der Waals surface area (Å²) in [4.78, 5) is 11.5. The predicted octanol–water partition coefficient (Wildman–Crippen LogP) is 2.88. The fourth-order valence-electron chi connectivity index (χ4n) is 2.00. The zero-order valence-electron chi connectivity index (χ0n) is 10.3. The number of aryl methyl sites for hydroxylation is 1. The van der Waals surface area contributed by atoms with Crippen LogP contribution in [0.4, 0.5) is 11.5 Å². The van der Waals surface area contributed by atoms with E-state index in [1.807, 2.05) is 36.5 Å². The van der Waals surface area contributed by atoms with Crippen molar-refractivity contribution < 1.29 is 0 Å². The largest absolute Gasteiger partial charge is 0.359 e. The van der Waals surface area contributed by atoms with E-state index < -0.39 is 0 Å². The number of aromatic nitrogens is 3. The van der Waals surface area contributed by atoms with Crippen LogP contribution >= 0.6 is 0 Å². The number of fused-ring (bicyclic) bond motifs is 1. The molecule has 0 fully saturated rings. The SMILES string of the molecule is Cc1nc(C#N)cc(Nc2c[nH]c3ccccc23)n1. The van der Waals surface area contributed by atoms with E-state index in [0.29, 0.717) is 17.3 Å². The maximum absolute atomic E-state index is 8.91. The number of H-pyrrole nitrogens is 1. The maximum Gasteiger partial charge on any atom is 0.146 e. The summed E-state index contributed by atoms with van der Waals surface area (Å²) in [6, 6.07) is 11.6. The summed E-state index contributed by atoms with van der Waals surface area (Å²) < 4.78 is 0. The molecule has 5 heteroatoms. The maximum atomic E-state index is 8.91. The fourth-order valence-corrected chi connectivity index (χ4v) is 2.00. The highest BCUT2D eigenvalue weighted by atomic mass is 15.0. The molecule has 0 unspecified atom stereocenters. The van der Waals surface area contributed by atoms with Crippen molar-refractivity contribution in [1.29, 1.82) is 5.26 Å². The van der Waals surface area contributed by atoms with Crippen molar-refractivity contribution in [3.05, 3.63) is 48.0 Å². The molecule has 19 heavy (non-hydrogen) atoms. The molecule has 0 saturated heterocycles. The van der Waals surface area contributed by atoms with Crippen LogP contribution in [0, 0.1) is 18.3 Å². The molecular formula is C14H11N5. The van der Waals surface area contributed by atoms with Crippen molar-refractivity contribution in [1.82, 2.24) is 15.0 Å². The van der Waals surface area contributed by atoms with Gasteiger partial charge in [-0.2, -0.15) is 5.26 Å². The van der Waals surface area contributed by atoms with Gasteiger partial charge in [-0.3, -0.25) is 0 Å². The van der Waals surface area contributed by atoms with Crippen molar-refractivity contribution >= 4 is 22.4 Å². The van der Waals surface area contributed by atoms with E-state index in [-0.39, 0.29) is 0 Å². The Bertz CT molecular complexity index is 782. The van der Waals surface area contributed by atoms with Gasteiger partial charge in [0, 0.05) is 23.2 Å². The van der Waals surface area contributed by atoms with Gasteiger partial charge in [-0.15, -0.1) is 0 Å². The van der Waals surface area contributed by atoms with Crippen molar-refractivity contribution in [2.75, 3.05) is 5.32 Å². The number of anilines is 2. The van der Waals surface area contributed by atoms with E-state index in [1.165, 1.54) is 0 Å². The molecule has 2 aromatic heterocycles. The summed E-state index contributed by atoms with van der Waals surface area (Å²) in [5, 5.41) is 13.2. The molecule has 2 N–H and O–H groups in total.